The first-order valence-electron chi connectivity index (χ1n) is 11.5. The van der Waals surface area contributed by atoms with Gasteiger partial charge in [-0.3, -0.25) is 18.7 Å². The molecule has 10 nitrogen and oxygen atoms in total. The van der Waals surface area contributed by atoms with Gasteiger partial charge in [-0.2, -0.15) is 10.2 Å². The van der Waals surface area contributed by atoms with E-state index in [2.05, 4.69) is 16.0 Å². The third-order valence-electron chi connectivity index (χ3n) is 6.79. The smallest absolute Gasteiger partial charge is 0.330 e. The predicted octanol–water partition coefficient (Wildman–Crippen LogP) is 2.88. The maximum atomic E-state index is 13.5. The number of aryl methyl sites for hydroxylation is 1. The van der Waals surface area contributed by atoms with Crippen molar-refractivity contribution in [2.45, 2.75) is 37.8 Å². The van der Waals surface area contributed by atoms with Crippen LogP contribution >= 0.6 is 0 Å². The molecule has 1 N–H and O–H groups in total. The Hall–Kier alpha value is -4.36. The number of aromatic nitrogens is 7. The second kappa shape index (κ2) is 8.14. The van der Waals surface area contributed by atoms with Crippen molar-refractivity contribution < 1.29 is 5.11 Å². The summed E-state index contributed by atoms with van der Waals surface area (Å²) in [5.41, 5.74) is 4.35. The Balaban J connectivity index is 1.66. The number of fused-ring (bicyclic) bond motifs is 2. The van der Waals surface area contributed by atoms with Gasteiger partial charge in [-0.1, -0.05) is 0 Å². The standard InChI is InChI=1S/C25H22N8O2/c1-31-22-21(16-8-10-27-11-9-16)29-24(32-14-28-19-7-2-15(13-26)12-20(19)32)30-23(22)33(25(31)35)17-3-5-18(34)6-4-17/h2,7-12,14,17-18,34H,3-6H2,1H3. The minimum absolute atomic E-state index is 0.0626. The summed E-state index contributed by atoms with van der Waals surface area (Å²) in [5.74, 6) is 0.358. The number of hydrogen-bond donors (Lipinski definition) is 1. The molecule has 10 heteroatoms. The fourth-order valence-corrected chi connectivity index (χ4v) is 4.96. The second-order valence-corrected chi connectivity index (χ2v) is 8.88. The van der Waals surface area contributed by atoms with E-state index in [0.29, 0.717) is 65.1 Å². The van der Waals surface area contributed by atoms with Crippen LogP contribution in [-0.4, -0.2) is 44.8 Å². The van der Waals surface area contributed by atoms with Gasteiger partial charge >= 0.3 is 5.69 Å². The van der Waals surface area contributed by atoms with Crippen molar-refractivity contribution >= 4 is 22.2 Å². The minimum atomic E-state index is -0.332. The second-order valence-electron chi connectivity index (χ2n) is 8.88. The molecule has 0 atom stereocenters. The molecule has 0 aliphatic heterocycles. The van der Waals surface area contributed by atoms with E-state index >= 15 is 0 Å². The van der Waals surface area contributed by atoms with Crippen molar-refractivity contribution in [2.24, 2.45) is 7.05 Å². The first-order chi connectivity index (χ1) is 17.0. The van der Waals surface area contributed by atoms with Crippen molar-refractivity contribution in [1.82, 2.24) is 33.6 Å². The highest BCUT2D eigenvalue weighted by atomic mass is 16.3. The van der Waals surface area contributed by atoms with Crippen LogP contribution in [0, 0.1) is 11.3 Å². The van der Waals surface area contributed by atoms with E-state index in [9.17, 15) is 15.2 Å². The molecule has 1 saturated carbocycles. The molecule has 174 valence electrons. The molecular formula is C25H22N8O2. The lowest BCUT2D eigenvalue weighted by atomic mass is 9.93. The van der Waals surface area contributed by atoms with Gasteiger partial charge in [0, 0.05) is 31.0 Å². The molecule has 4 aromatic heterocycles. The zero-order chi connectivity index (χ0) is 24.1. The lowest BCUT2D eigenvalue weighted by Crippen LogP contribution is -2.30. The third kappa shape index (κ3) is 3.40. The summed E-state index contributed by atoms with van der Waals surface area (Å²) in [5, 5.41) is 19.4. The Kier molecular flexibility index (Phi) is 4.93. The number of nitrogens with zero attached hydrogens (tertiary/aromatic N) is 8. The Morgan fingerprint density at radius 1 is 1.09 bits per heavy atom. The Bertz CT molecular complexity index is 1670. The summed E-state index contributed by atoms with van der Waals surface area (Å²) in [7, 11) is 1.73. The summed E-state index contributed by atoms with van der Waals surface area (Å²) in [4.78, 5) is 31.8. The molecule has 0 unspecified atom stereocenters. The largest absolute Gasteiger partial charge is 0.393 e. The summed E-state index contributed by atoms with van der Waals surface area (Å²) >= 11 is 0. The summed E-state index contributed by atoms with van der Waals surface area (Å²) in [6, 6.07) is 11.1. The fourth-order valence-electron chi connectivity index (χ4n) is 4.96. The molecule has 6 rings (SSSR count). The van der Waals surface area contributed by atoms with E-state index in [0.717, 1.165) is 5.56 Å². The number of hydrogen-bond acceptors (Lipinski definition) is 7. The van der Waals surface area contributed by atoms with Crippen LogP contribution < -0.4 is 5.69 Å². The zero-order valence-electron chi connectivity index (χ0n) is 19.0. The van der Waals surface area contributed by atoms with E-state index in [1.54, 1.807) is 57.7 Å². The van der Waals surface area contributed by atoms with E-state index in [-0.39, 0.29) is 17.8 Å². The van der Waals surface area contributed by atoms with Crippen LogP contribution in [0.15, 0.2) is 53.8 Å². The number of imidazole rings is 2. The van der Waals surface area contributed by atoms with E-state index in [4.69, 9.17) is 9.97 Å². The van der Waals surface area contributed by atoms with Crippen LogP contribution in [0.2, 0.25) is 0 Å². The zero-order valence-corrected chi connectivity index (χ0v) is 19.0. The molecule has 35 heavy (non-hydrogen) atoms. The van der Waals surface area contributed by atoms with Gasteiger partial charge in [0.15, 0.2) is 5.65 Å². The van der Waals surface area contributed by atoms with E-state index < -0.39 is 0 Å². The Labute approximate surface area is 199 Å². The predicted molar refractivity (Wildman–Crippen MR) is 129 cm³/mol. The Morgan fingerprint density at radius 3 is 2.60 bits per heavy atom. The molecular weight excluding hydrogens is 444 g/mol. The van der Waals surface area contributed by atoms with Gasteiger partial charge in [0.05, 0.1) is 28.8 Å². The SMILES string of the molecule is Cn1c(=O)n(C2CCC(O)CC2)c2nc(-n3cnc4ccc(C#N)cc43)nc(-c3ccncc3)c21. The maximum Gasteiger partial charge on any atom is 0.330 e. The number of benzene rings is 1. The van der Waals surface area contributed by atoms with Gasteiger partial charge in [-0.25, -0.2) is 14.8 Å². The Morgan fingerprint density at radius 2 is 1.86 bits per heavy atom. The highest BCUT2D eigenvalue weighted by Gasteiger charge is 2.28. The topological polar surface area (TPSA) is 127 Å². The van der Waals surface area contributed by atoms with Gasteiger partial charge in [0.2, 0.25) is 5.95 Å². The van der Waals surface area contributed by atoms with Crippen molar-refractivity contribution in [3.8, 4) is 23.3 Å². The fraction of sp³-hybridized carbons (Fsp3) is 0.280. The number of rotatable bonds is 3. The van der Waals surface area contributed by atoms with Gasteiger partial charge in [-0.05, 0) is 56.0 Å². The molecule has 0 spiro atoms. The maximum absolute atomic E-state index is 13.5. The van der Waals surface area contributed by atoms with Gasteiger partial charge in [0.1, 0.15) is 17.5 Å². The van der Waals surface area contributed by atoms with Crippen LogP contribution in [0.3, 0.4) is 0 Å². The lowest BCUT2D eigenvalue weighted by Gasteiger charge is -2.26. The molecule has 0 saturated heterocycles. The normalized spacial score (nSPS) is 18.2. The molecule has 0 amide bonds. The first kappa shape index (κ1) is 21.2. The minimum Gasteiger partial charge on any atom is -0.393 e. The molecule has 0 radical (unpaired) electrons. The lowest BCUT2D eigenvalue weighted by molar-refractivity contribution is 0.110. The molecule has 1 aromatic carbocycles. The molecule has 1 aliphatic rings. The van der Waals surface area contributed by atoms with Crippen LogP contribution in [0.5, 0.6) is 0 Å². The molecule has 1 aliphatic carbocycles. The van der Waals surface area contributed by atoms with E-state index in [1.165, 1.54) is 0 Å². The van der Waals surface area contributed by atoms with Crippen molar-refractivity contribution in [1.29, 1.82) is 5.26 Å². The quantitative estimate of drug-likeness (QED) is 0.433. The molecule has 5 aromatic rings. The highest BCUT2D eigenvalue weighted by molar-refractivity contribution is 5.89. The van der Waals surface area contributed by atoms with Crippen LogP contribution in [0.25, 0.3) is 39.4 Å². The van der Waals surface area contributed by atoms with Gasteiger partial charge in [0.25, 0.3) is 0 Å². The molecule has 1 fully saturated rings. The van der Waals surface area contributed by atoms with Gasteiger partial charge < -0.3 is 5.11 Å². The average molecular weight is 467 g/mol. The van der Waals surface area contributed by atoms with Crippen molar-refractivity contribution in [2.75, 3.05) is 0 Å². The first-order valence-corrected chi connectivity index (χ1v) is 11.5. The van der Waals surface area contributed by atoms with Crippen molar-refractivity contribution in [3.05, 3.63) is 65.1 Å². The number of aliphatic hydroxyl groups is 1. The monoisotopic (exact) mass is 466 g/mol. The summed E-state index contributed by atoms with van der Waals surface area (Å²) in [6.45, 7) is 0. The van der Waals surface area contributed by atoms with Crippen LogP contribution in [0.4, 0.5) is 0 Å². The number of aliphatic hydroxyl groups excluding tert-OH is 1. The summed E-state index contributed by atoms with van der Waals surface area (Å²) < 4.78 is 5.09. The number of pyridine rings is 1. The average Bonchev–Trinajstić information content (AvgIpc) is 3.43. The van der Waals surface area contributed by atoms with Crippen LogP contribution in [0.1, 0.15) is 37.3 Å². The summed E-state index contributed by atoms with van der Waals surface area (Å²) in [6.07, 6.45) is 7.36. The van der Waals surface area contributed by atoms with Gasteiger partial charge in [-0.15, -0.1) is 0 Å². The molecule has 0 bridgehead atoms. The molecule has 4 heterocycles. The third-order valence-corrected chi connectivity index (χ3v) is 6.79. The number of nitriles is 1. The van der Waals surface area contributed by atoms with Crippen molar-refractivity contribution in [3.63, 3.8) is 0 Å². The van der Waals surface area contributed by atoms with E-state index in [1.807, 2.05) is 12.1 Å². The highest BCUT2D eigenvalue weighted by Crippen LogP contribution is 2.33. The van der Waals surface area contributed by atoms with Crippen LogP contribution in [-0.2, 0) is 7.05 Å².